The van der Waals surface area contributed by atoms with Gasteiger partial charge in [0, 0.05) is 16.0 Å². The molecule has 3 aromatic rings. The number of halogens is 1. The van der Waals surface area contributed by atoms with Gasteiger partial charge in [0.1, 0.15) is 11.6 Å². The number of rotatable bonds is 4. The lowest BCUT2D eigenvalue weighted by atomic mass is 10.1. The van der Waals surface area contributed by atoms with E-state index in [1.165, 1.54) is 35.6 Å². The molecule has 0 unspecified atom stereocenters. The normalized spacial score (nSPS) is 10.5. The van der Waals surface area contributed by atoms with Crippen LogP contribution in [0.1, 0.15) is 15.2 Å². The minimum absolute atomic E-state index is 0.315. The molecular formula is C18H15FN2O2S. The lowest BCUT2D eigenvalue weighted by molar-refractivity contribution is 0.102. The molecule has 1 amide bonds. The van der Waals surface area contributed by atoms with Crippen LogP contribution in [-0.4, -0.2) is 18.0 Å². The molecule has 4 nitrogen and oxygen atoms in total. The number of methoxy groups -OCH3 is 1. The molecule has 1 aromatic heterocycles. The molecular weight excluding hydrogens is 327 g/mol. The van der Waals surface area contributed by atoms with Crippen LogP contribution in [0.2, 0.25) is 0 Å². The van der Waals surface area contributed by atoms with E-state index in [0.29, 0.717) is 10.7 Å². The average Bonchev–Trinajstić information content (AvgIpc) is 2.95. The fraction of sp³-hybridized carbons (Fsp3) is 0.111. The fourth-order valence-corrected chi connectivity index (χ4v) is 3.07. The first-order chi connectivity index (χ1) is 11.6. The zero-order valence-corrected chi connectivity index (χ0v) is 14.0. The first kappa shape index (κ1) is 16.1. The van der Waals surface area contributed by atoms with Gasteiger partial charge in [-0.1, -0.05) is 0 Å². The Morgan fingerprint density at radius 1 is 1.12 bits per heavy atom. The summed E-state index contributed by atoms with van der Waals surface area (Å²) >= 11 is 1.40. The lowest BCUT2D eigenvalue weighted by Crippen LogP contribution is -2.11. The van der Waals surface area contributed by atoms with Crippen LogP contribution < -0.4 is 10.1 Å². The van der Waals surface area contributed by atoms with E-state index in [1.54, 1.807) is 7.11 Å². The number of carbonyl (C=O) groups is 1. The SMILES string of the molecule is COc1ccc(-c2nc(NC(=O)c3ccc(F)cc3)sc2C)cc1. The highest BCUT2D eigenvalue weighted by Crippen LogP contribution is 2.31. The van der Waals surface area contributed by atoms with E-state index in [0.717, 1.165) is 21.9 Å². The number of carbonyl (C=O) groups excluding carboxylic acids is 1. The molecule has 1 N–H and O–H groups in total. The summed E-state index contributed by atoms with van der Waals surface area (Å²) in [7, 11) is 1.62. The highest BCUT2D eigenvalue weighted by molar-refractivity contribution is 7.16. The number of aryl methyl sites for hydroxylation is 1. The number of hydrogen-bond acceptors (Lipinski definition) is 4. The van der Waals surface area contributed by atoms with E-state index in [4.69, 9.17) is 4.74 Å². The van der Waals surface area contributed by atoms with E-state index in [1.807, 2.05) is 31.2 Å². The molecule has 3 rings (SSSR count). The number of aromatic nitrogens is 1. The molecule has 0 atom stereocenters. The van der Waals surface area contributed by atoms with Crippen molar-refractivity contribution in [2.24, 2.45) is 0 Å². The van der Waals surface area contributed by atoms with E-state index in [9.17, 15) is 9.18 Å². The Morgan fingerprint density at radius 3 is 2.42 bits per heavy atom. The van der Waals surface area contributed by atoms with Crippen molar-refractivity contribution in [3.63, 3.8) is 0 Å². The second-order valence-corrected chi connectivity index (χ2v) is 6.32. The topological polar surface area (TPSA) is 51.2 Å². The average molecular weight is 342 g/mol. The fourth-order valence-electron chi connectivity index (χ4n) is 2.24. The Kier molecular flexibility index (Phi) is 4.57. The number of hydrogen-bond donors (Lipinski definition) is 1. The molecule has 24 heavy (non-hydrogen) atoms. The zero-order valence-electron chi connectivity index (χ0n) is 13.2. The van der Waals surface area contributed by atoms with E-state index in [-0.39, 0.29) is 11.7 Å². The summed E-state index contributed by atoms with van der Waals surface area (Å²) in [5, 5.41) is 3.26. The quantitative estimate of drug-likeness (QED) is 0.758. The van der Waals surface area contributed by atoms with Gasteiger partial charge in [-0.05, 0) is 55.5 Å². The van der Waals surface area contributed by atoms with Crippen LogP contribution in [0.15, 0.2) is 48.5 Å². The highest BCUT2D eigenvalue weighted by Gasteiger charge is 2.13. The van der Waals surface area contributed by atoms with Gasteiger partial charge in [0.15, 0.2) is 5.13 Å². The maximum atomic E-state index is 12.9. The minimum atomic E-state index is -0.376. The van der Waals surface area contributed by atoms with Crippen LogP contribution in [0.25, 0.3) is 11.3 Å². The number of ether oxygens (including phenoxy) is 1. The largest absolute Gasteiger partial charge is 0.497 e. The van der Waals surface area contributed by atoms with Gasteiger partial charge < -0.3 is 4.74 Å². The Morgan fingerprint density at radius 2 is 1.79 bits per heavy atom. The van der Waals surface area contributed by atoms with Gasteiger partial charge in [0.2, 0.25) is 0 Å². The molecule has 0 saturated carbocycles. The van der Waals surface area contributed by atoms with Crippen molar-refractivity contribution in [3.05, 3.63) is 64.8 Å². The van der Waals surface area contributed by atoms with Gasteiger partial charge in [-0.3, -0.25) is 10.1 Å². The van der Waals surface area contributed by atoms with Crippen LogP contribution in [0, 0.1) is 12.7 Å². The first-order valence-corrected chi connectivity index (χ1v) is 8.07. The number of thiazole rings is 1. The van der Waals surface area contributed by atoms with Gasteiger partial charge in [0.25, 0.3) is 5.91 Å². The van der Waals surface area contributed by atoms with Crippen molar-refractivity contribution in [2.75, 3.05) is 12.4 Å². The van der Waals surface area contributed by atoms with Gasteiger partial charge in [0.05, 0.1) is 12.8 Å². The number of anilines is 1. The van der Waals surface area contributed by atoms with Gasteiger partial charge in [-0.15, -0.1) is 11.3 Å². The monoisotopic (exact) mass is 342 g/mol. The summed E-state index contributed by atoms with van der Waals surface area (Å²) in [6, 6.07) is 13.0. The summed E-state index contributed by atoms with van der Waals surface area (Å²) in [5.41, 5.74) is 2.15. The van der Waals surface area contributed by atoms with Crippen molar-refractivity contribution in [1.82, 2.24) is 4.98 Å². The van der Waals surface area contributed by atoms with Crippen LogP contribution >= 0.6 is 11.3 Å². The Labute approximate surface area is 142 Å². The number of nitrogens with one attached hydrogen (secondary N) is 1. The molecule has 122 valence electrons. The Balaban J connectivity index is 1.80. The lowest BCUT2D eigenvalue weighted by Gasteiger charge is -2.02. The molecule has 0 saturated heterocycles. The van der Waals surface area contributed by atoms with E-state index >= 15 is 0 Å². The van der Waals surface area contributed by atoms with Crippen LogP contribution in [0.5, 0.6) is 5.75 Å². The second-order valence-electron chi connectivity index (χ2n) is 5.11. The molecule has 0 aliphatic carbocycles. The summed E-state index contributed by atoms with van der Waals surface area (Å²) in [6.45, 7) is 1.95. The Bertz CT molecular complexity index is 858. The second kappa shape index (κ2) is 6.80. The molecule has 0 aliphatic rings. The van der Waals surface area contributed by atoms with Crippen molar-refractivity contribution >= 4 is 22.4 Å². The van der Waals surface area contributed by atoms with Gasteiger partial charge in [-0.25, -0.2) is 9.37 Å². The van der Waals surface area contributed by atoms with Crippen LogP contribution in [-0.2, 0) is 0 Å². The van der Waals surface area contributed by atoms with Crippen molar-refractivity contribution in [1.29, 1.82) is 0 Å². The van der Waals surface area contributed by atoms with E-state index < -0.39 is 0 Å². The van der Waals surface area contributed by atoms with E-state index in [2.05, 4.69) is 10.3 Å². The zero-order chi connectivity index (χ0) is 17.1. The third-order valence-electron chi connectivity index (χ3n) is 3.49. The standard InChI is InChI=1S/C18H15FN2O2S/c1-11-16(12-5-9-15(23-2)10-6-12)20-18(24-11)21-17(22)13-3-7-14(19)8-4-13/h3-10H,1-2H3,(H,20,21,22). The summed E-state index contributed by atoms with van der Waals surface area (Å²) in [4.78, 5) is 17.7. The number of nitrogens with zero attached hydrogens (tertiary/aromatic N) is 1. The predicted octanol–water partition coefficient (Wildman–Crippen LogP) is 4.52. The van der Waals surface area contributed by atoms with Crippen molar-refractivity contribution < 1.29 is 13.9 Å². The third-order valence-corrected chi connectivity index (χ3v) is 4.37. The molecule has 1 heterocycles. The summed E-state index contributed by atoms with van der Waals surface area (Å²) in [6.07, 6.45) is 0. The summed E-state index contributed by atoms with van der Waals surface area (Å²) in [5.74, 6) is 0.0833. The maximum Gasteiger partial charge on any atom is 0.257 e. The molecule has 0 radical (unpaired) electrons. The smallest absolute Gasteiger partial charge is 0.257 e. The maximum absolute atomic E-state index is 12.9. The van der Waals surface area contributed by atoms with Gasteiger partial charge in [-0.2, -0.15) is 0 Å². The van der Waals surface area contributed by atoms with Crippen molar-refractivity contribution in [2.45, 2.75) is 6.92 Å². The summed E-state index contributed by atoms with van der Waals surface area (Å²) < 4.78 is 18.1. The molecule has 0 aliphatic heterocycles. The molecule has 0 fully saturated rings. The Hall–Kier alpha value is -2.73. The number of benzene rings is 2. The number of amides is 1. The molecule has 0 spiro atoms. The predicted molar refractivity (Wildman–Crippen MR) is 93.2 cm³/mol. The van der Waals surface area contributed by atoms with Crippen LogP contribution in [0.4, 0.5) is 9.52 Å². The highest BCUT2D eigenvalue weighted by atomic mass is 32.1. The minimum Gasteiger partial charge on any atom is -0.497 e. The van der Waals surface area contributed by atoms with Gasteiger partial charge >= 0.3 is 0 Å². The first-order valence-electron chi connectivity index (χ1n) is 7.25. The van der Waals surface area contributed by atoms with Crippen molar-refractivity contribution in [3.8, 4) is 17.0 Å². The molecule has 2 aromatic carbocycles. The molecule has 0 bridgehead atoms. The molecule has 6 heteroatoms. The van der Waals surface area contributed by atoms with Crippen LogP contribution in [0.3, 0.4) is 0 Å². The third kappa shape index (κ3) is 3.44.